The number of phenolic OH excluding ortho intramolecular Hbond substituents is 1. The van der Waals surface area contributed by atoms with Crippen molar-refractivity contribution >= 4 is 55.8 Å². The highest BCUT2D eigenvalue weighted by Gasteiger charge is 2.10. The molecular weight excluding hydrogens is 342 g/mol. The highest BCUT2D eigenvalue weighted by Crippen LogP contribution is 2.38. The summed E-state index contributed by atoms with van der Waals surface area (Å²) in [6, 6.07) is 24.0. The third-order valence-corrected chi connectivity index (χ3v) is 5.07. The molecule has 0 unspecified atom stereocenters. The molecule has 0 aliphatic carbocycles. The van der Waals surface area contributed by atoms with E-state index in [1.807, 2.05) is 6.07 Å². The SMILES string of the molecule is Oc1ccc(Cl)cc1C=Nc1ccc2ccc3cccc4ccc1c2c34. The number of halogens is 1. The Morgan fingerprint density at radius 1 is 0.769 bits per heavy atom. The molecule has 0 aliphatic rings. The Balaban J connectivity index is 1.76. The summed E-state index contributed by atoms with van der Waals surface area (Å²) in [7, 11) is 0. The van der Waals surface area contributed by atoms with Crippen LogP contribution in [0.5, 0.6) is 5.75 Å². The summed E-state index contributed by atoms with van der Waals surface area (Å²) in [6.07, 6.45) is 1.66. The molecule has 2 nitrogen and oxygen atoms in total. The van der Waals surface area contributed by atoms with Gasteiger partial charge in [-0.2, -0.15) is 0 Å². The zero-order valence-electron chi connectivity index (χ0n) is 13.8. The summed E-state index contributed by atoms with van der Waals surface area (Å²) in [4.78, 5) is 4.64. The Morgan fingerprint density at radius 2 is 1.46 bits per heavy atom. The molecule has 0 atom stereocenters. The Hall–Kier alpha value is -3.10. The quantitative estimate of drug-likeness (QED) is 0.277. The number of rotatable bonds is 2. The molecule has 0 aliphatic heterocycles. The van der Waals surface area contributed by atoms with Crippen molar-refractivity contribution in [2.45, 2.75) is 0 Å². The average molecular weight is 356 g/mol. The molecule has 3 heteroatoms. The fourth-order valence-corrected chi connectivity index (χ4v) is 3.78. The minimum atomic E-state index is 0.163. The first kappa shape index (κ1) is 15.2. The largest absolute Gasteiger partial charge is 0.507 e. The van der Waals surface area contributed by atoms with Gasteiger partial charge in [0.25, 0.3) is 0 Å². The van der Waals surface area contributed by atoms with Gasteiger partial charge in [0.05, 0.1) is 5.69 Å². The summed E-state index contributed by atoms with van der Waals surface area (Å²) in [5, 5.41) is 17.8. The molecule has 0 bridgehead atoms. The summed E-state index contributed by atoms with van der Waals surface area (Å²) in [5.41, 5.74) is 1.47. The smallest absolute Gasteiger partial charge is 0.124 e. The Labute approximate surface area is 155 Å². The van der Waals surface area contributed by atoms with Crippen LogP contribution in [0.3, 0.4) is 0 Å². The fourth-order valence-electron chi connectivity index (χ4n) is 3.60. The van der Waals surface area contributed by atoms with Crippen molar-refractivity contribution in [3.8, 4) is 5.75 Å². The molecule has 5 aromatic rings. The van der Waals surface area contributed by atoms with Crippen LogP contribution in [0.1, 0.15) is 5.56 Å². The third-order valence-electron chi connectivity index (χ3n) is 4.84. The van der Waals surface area contributed by atoms with Crippen LogP contribution in [0, 0.1) is 0 Å². The van der Waals surface area contributed by atoms with Crippen LogP contribution >= 0.6 is 11.6 Å². The fraction of sp³-hybridized carbons (Fsp3) is 0. The van der Waals surface area contributed by atoms with E-state index in [4.69, 9.17) is 11.6 Å². The number of benzene rings is 5. The van der Waals surface area contributed by atoms with E-state index in [0.29, 0.717) is 10.6 Å². The van der Waals surface area contributed by atoms with Crippen LogP contribution in [0.4, 0.5) is 5.69 Å². The minimum Gasteiger partial charge on any atom is -0.507 e. The number of nitrogens with zero attached hydrogens (tertiary/aromatic N) is 1. The topological polar surface area (TPSA) is 32.6 Å². The van der Waals surface area contributed by atoms with Crippen LogP contribution in [-0.2, 0) is 0 Å². The van der Waals surface area contributed by atoms with Crippen molar-refractivity contribution in [3.63, 3.8) is 0 Å². The molecule has 0 saturated heterocycles. The molecule has 5 rings (SSSR count). The van der Waals surface area contributed by atoms with Crippen LogP contribution in [0.2, 0.25) is 5.02 Å². The molecule has 5 aromatic carbocycles. The van der Waals surface area contributed by atoms with E-state index in [1.54, 1.807) is 24.4 Å². The molecule has 0 heterocycles. The highest BCUT2D eigenvalue weighted by molar-refractivity contribution is 6.31. The Kier molecular flexibility index (Phi) is 3.34. The van der Waals surface area contributed by atoms with Crippen molar-refractivity contribution in [1.82, 2.24) is 0 Å². The molecule has 0 aromatic heterocycles. The van der Waals surface area contributed by atoms with Gasteiger partial charge in [0.1, 0.15) is 5.75 Å². The van der Waals surface area contributed by atoms with E-state index >= 15 is 0 Å². The molecule has 0 spiro atoms. The van der Waals surface area contributed by atoms with E-state index in [9.17, 15) is 5.11 Å². The lowest BCUT2D eigenvalue weighted by molar-refractivity contribution is 0.474. The molecule has 1 N–H and O–H groups in total. The van der Waals surface area contributed by atoms with Gasteiger partial charge in [-0.25, -0.2) is 0 Å². The number of hydrogen-bond acceptors (Lipinski definition) is 2. The molecule has 0 amide bonds. The monoisotopic (exact) mass is 355 g/mol. The van der Waals surface area contributed by atoms with Crippen molar-refractivity contribution < 1.29 is 5.11 Å². The lowest BCUT2D eigenvalue weighted by Crippen LogP contribution is -1.85. The van der Waals surface area contributed by atoms with Gasteiger partial charge < -0.3 is 5.11 Å². The van der Waals surface area contributed by atoms with Crippen LogP contribution < -0.4 is 0 Å². The van der Waals surface area contributed by atoms with Gasteiger partial charge in [0, 0.05) is 22.2 Å². The molecule has 0 saturated carbocycles. The van der Waals surface area contributed by atoms with E-state index < -0.39 is 0 Å². The van der Waals surface area contributed by atoms with Crippen molar-refractivity contribution in [2.75, 3.05) is 0 Å². The number of phenols is 1. The summed E-state index contributed by atoms with van der Waals surface area (Å²) >= 11 is 6.02. The van der Waals surface area contributed by atoms with Crippen LogP contribution in [-0.4, -0.2) is 11.3 Å². The van der Waals surface area contributed by atoms with Gasteiger partial charge in [0.15, 0.2) is 0 Å². The van der Waals surface area contributed by atoms with Gasteiger partial charge >= 0.3 is 0 Å². The van der Waals surface area contributed by atoms with E-state index in [1.165, 1.54) is 26.9 Å². The first-order valence-electron chi connectivity index (χ1n) is 8.40. The zero-order valence-corrected chi connectivity index (χ0v) is 14.5. The Bertz CT molecular complexity index is 1290. The molecular formula is C23H14ClNO. The summed E-state index contributed by atoms with van der Waals surface area (Å²) in [6.45, 7) is 0. The maximum absolute atomic E-state index is 10.00. The normalized spacial score (nSPS) is 12.0. The van der Waals surface area contributed by atoms with Crippen LogP contribution in [0.15, 0.2) is 77.8 Å². The molecule has 0 radical (unpaired) electrons. The van der Waals surface area contributed by atoms with Gasteiger partial charge in [-0.05, 0) is 51.2 Å². The highest BCUT2D eigenvalue weighted by atomic mass is 35.5. The van der Waals surface area contributed by atoms with E-state index in [0.717, 1.165) is 11.1 Å². The maximum atomic E-state index is 10.00. The van der Waals surface area contributed by atoms with E-state index in [2.05, 4.69) is 53.5 Å². The maximum Gasteiger partial charge on any atom is 0.124 e. The molecule has 124 valence electrons. The van der Waals surface area contributed by atoms with Crippen molar-refractivity contribution in [3.05, 3.63) is 83.4 Å². The third kappa shape index (κ3) is 2.31. The van der Waals surface area contributed by atoms with Gasteiger partial charge in [-0.1, -0.05) is 60.1 Å². The zero-order chi connectivity index (χ0) is 17.7. The predicted octanol–water partition coefficient (Wildman–Crippen LogP) is 6.69. The first-order valence-corrected chi connectivity index (χ1v) is 8.78. The van der Waals surface area contributed by atoms with Crippen molar-refractivity contribution in [2.24, 2.45) is 4.99 Å². The van der Waals surface area contributed by atoms with Gasteiger partial charge in [-0.3, -0.25) is 4.99 Å². The lowest BCUT2D eigenvalue weighted by atomic mass is 9.93. The average Bonchev–Trinajstić information content (AvgIpc) is 2.67. The second-order valence-electron chi connectivity index (χ2n) is 6.40. The van der Waals surface area contributed by atoms with Crippen LogP contribution in [0.25, 0.3) is 32.3 Å². The summed E-state index contributed by atoms with van der Waals surface area (Å²) in [5.74, 6) is 0.163. The number of hydrogen-bond donors (Lipinski definition) is 1. The molecule has 26 heavy (non-hydrogen) atoms. The second kappa shape index (κ2) is 5.72. The number of aromatic hydroxyl groups is 1. The van der Waals surface area contributed by atoms with E-state index in [-0.39, 0.29) is 5.75 Å². The van der Waals surface area contributed by atoms with Gasteiger partial charge in [0.2, 0.25) is 0 Å². The second-order valence-corrected chi connectivity index (χ2v) is 6.84. The van der Waals surface area contributed by atoms with Crippen molar-refractivity contribution in [1.29, 1.82) is 0 Å². The lowest BCUT2D eigenvalue weighted by Gasteiger charge is -2.12. The standard InChI is InChI=1S/C23H14ClNO/c24-18-8-11-21(26)17(12-18)13-25-20-10-7-16-5-4-14-2-1-3-15-6-9-19(20)23(16)22(14)15/h1-13,26H. The number of aliphatic imine (C=N–C) groups is 1. The summed E-state index contributed by atoms with van der Waals surface area (Å²) < 4.78 is 0. The van der Waals surface area contributed by atoms with Gasteiger partial charge in [-0.15, -0.1) is 0 Å². The molecule has 0 fully saturated rings. The first-order chi connectivity index (χ1) is 12.7. The predicted molar refractivity (Wildman–Crippen MR) is 111 cm³/mol. The Morgan fingerprint density at radius 3 is 2.27 bits per heavy atom. The minimum absolute atomic E-state index is 0.163.